The minimum Gasteiger partial charge on any atom is -0.325 e. The van der Waals surface area contributed by atoms with E-state index in [-0.39, 0.29) is 5.91 Å². The molecule has 2 aromatic rings. The van der Waals surface area contributed by atoms with Crippen molar-refractivity contribution in [1.82, 2.24) is 0 Å². The first kappa shape index (κ1) is 15.2. The molecule has 0 fully saturated rings. The van der Waals surface area contributed by atoms with Gasteiger partial charge in [0.1, 0.15) is 5.38 Å². The third-order valence-corrected chi connectivity index (χ3v) is 4.07. The summed E-state index contributed by atoms with van der Waals surface area (Å²) in [5.41, 5.74) is 1.43. The summed E-state index contributed by atoms with van der Waals surface area (Å²) in [7, 11) is 0. The van der Waals surface area contributed by atoms with Crippen LogP contribution < -0.4 is 5.32 Å². The zero-order valence-electron chi connectivity index (χ0n) is 10.4. The second-order valence-electron chi connectivity index (χ2n) is 4.21. The van der Waals surface area contributed by atoms with Crippen molar-refractivity contribution in [3.05, 3.63) is 65.2 Å². The molecular formula is C15H12Cl3NO. The van der Waals surface area contributed by atoms with Gasteiger partial charge in [0, 0.05) is 10.7 Å². The van der Waals surface area contributed by atoms with Crippen LogP contribution in [0.4, 0.5) is 5.69 Å². The molecule has 1 amide bonds. The summed E-state index contributed by atoms with van der Waals surface area (Å²) in [6, 6.07) is 16.0. The number of carbonyl (C=O) groups is 1. The maximum Gasteiger partial charge on any atom is 0.244 e. The number of benzene rings is 2. The average Bonchev–Trinajstić information content (AvgIpc) is 2.49. The fourth-order valence-electron chi connectivity index (χ4n) is 1.68. The van der Waals surface area contributed by atoms with E-state index in [1.165, 1.54) is 0 Å². The summed E-state index contributed by atoms with van der Waals surface area (Å²) in [5, 5.41) is 1.85. The van der Waals surface area contributed by atoms with Crippen LogP contribution in [-0.2, 0) is 4.79 Å². The van der Waals surface area contributed by atoms with Crippen LogP contribution in [0.3, 0.4) is 0 Å². The Labute approximate surface area is 132 Å². The molecule has 0 aliphatic heterocycles. The third-order valence-electron chi connectivity index (χ3n) is 2.74. The number of hydrogen-bond acceptors (Lipinski definition) is 1. The smallest absolute Gasteiger partial charge is 0.244 e. The van der Waals surface area contributed by atoms with E-state index < -0.39 is 10.8 Å². The Morgan fingerprint density at radius 1 is 0.950 bits per heavy atom. The van der Waals surface area contributed by atoms with Crippen molar-refractivity contribution < 1.29 is 4.79 Å². The molecule has 0 saturated heterocycles. The third kappa shape index (κ3) is 3.89. The molecule has 5 heteroatoms. The van der Waals surface area contributed by atoms with Crippen LogP contribution in [0, 0.1) is 0 Å². The second kappa shape index (κ2) is 6.98. The van der Waals surface area contributed by atoms with Crippen molar-refractivity contribution in [3.8, 4) is 0 Å². The predicted octanol–water partition coefficient (Wildman–Crippen LogP) is 4.87. The summed E-state index contributed by atoms with van der Waals surface area (Å²) in [6.45, 7) is 0. The molecular weight excluding hydrogens is 317 g/mol. The van der Waals surface area contributed by atoms with Crippen LogP contribution in [0.2, 0.25) is 5.02 Å². The molecule has 20 heavy (non-hydrogen) atoms. The van der Waals surface area contributed by atoms with Gasteiger partial charge in [-0.25, -0.2) is 0 Å². The first-order valence-corrected chi connectivity index (χ1v) is 7.22. The van der Waals surface area contributed by atoms with E-state index in [1.54, 1.807) is 24.3 Å². The fourth-order valence-corrected chi connectivity index (χ4v) is 2.27. The number of halogens is 3. The number of alkyl halides is 2. The topological polar surface area (TPSA) is 29.1 Å². The summed E-state index contributed by atoms with van der Waals surface area (Å²) in [6.07, 6.45) is 0. The lowest BCUT2D eigenvalue weighted by Gasteiger charge is -2.16. The van der Waals surface area contributed by atoms with E-state index in [1.807, 2.05) is 30.3 Å². The van der Waals surface area contributed by atoms with Crippen LogP contribution in [0.15, 0.2) is 54.6 Å². The Kier molecular flexibility index (Phi) is 5.30. The number of amides is 1. The fraction of sp³-hybridized carbons (Fsp3) is 0.133. The molecule has 0 spiro atoms. The molecule has 0 aromatic heterocycles. The molecule has 2 nitrogen and oxygen atoms in total. The highest BCUT2D eigenvalue weighted by molar-refractivity contribution is 6.38. The van der Waals surface area contributed by atoms with Gasteiger partial charge in [-0.15, -0.1) is 23.2 Å². The maximum absolute atomic E-state index is 12.1. The Morgan fingerprint density at radius 2 is 1.55 bits per heavy atom. The van der Waals surface area contributed by atoms with Gasteiger partial charge in [-0.05, 0) is 29.8 Å². The van der Waals surface area contributed by atoms with Crippen LogP contribution in [0.5, 0.6) is 0 Å². The predicted molar refractivity (Wildman–Crippen MR) is 84.8 cm³/mol. The first-order chi connectivity index (χ1) is 9.58. The van der Waals surface area contributed by atoms with Gasteiger partial charge in [-0.2, -0.15) is 0 Å². The number of nitrogens with one attached hydrogen (secondary N) is 1. The van der Waals surface area contributed by atoms with Gasteiger partial charge in [0.2, 0.25) is 5.91 Å². The van der Waals surface area contributed by atoms with Crippen molar-refractivity contribution in [2.75, 3.05) is 5.32 Å². The Hall–Kier alpha value is -1.22. The first-order valence-electron chi connectivity index (χ1n) is 5.97. The Morgan fingerprint density at radius 3 is 2.15 bits per heavy atom. The minimum atomic E-state index is -0.866. The lowest BCUT2D eigenvalue weighted by molar-refractivity contribution is -0.115. The quantitative estimate of drug-likeness (QED) is 0.797. The summed E-state index contributed by atoms with van der Waals surface area (Å²) in [4.78, 5) is 12.1. The van der Waals surface area contributed by atoms with E-state index in [0.717, 1.165) is 5.56 Å². The minimum absolute atomic E-state index is 0.349. The van der Waals surface area contributed by atoms with Gasteiger partial charge in [-0.3, -0.25) is 4.79 Å². The summed E-state index contributed by atoms with van der Waals surface area (Å²) < 4.78 is 0. The molecule has 0 saturated carbocycles. The molecule has 104 valence electrons. The Bertz CT molecular complexity index is 571. The molecule has 0 unspecified atom stereocenters. The van der Waals surface area contributed by atoms with Gasteiger partial charge in [0.15, 0.2) is 0 Å². The number of hydrogen-bond donors (Lipinski definition) is 1. The monoisotopic (exact) mass is 327 g/mol. The van der Waals surface area contributed by atoms with Crippen molar-refractivity contribution in [1.29, 1.82) is 0 Å². The van der Waals surface area contributed by atoms with Gasteiger partial charge in [0.25, 0.3) is 0 Å². The highest BCUT2D eigenvalue weighted by Crippen LogP contribution is 2.28. The van der Waals surface area contributed by atoms with Crippen LogP contribution in [0.1, 0.15) is 10.9 Å². The van der Waals surface area contributed by atoms with Crippen molar-refractivity contribution >= 4 is 46.4 Å². The second-order valence-corrected chi connectivity index (χ2v) is 5.59. The lowest BCUT2D eigenvalue weighted by Crippen LogP contribution is -2.26. The van der Waals surface area contributed by atoms with E-state index in [4.69, 9.17) is 34.8 Å². The van der Waals surface area contributed by atoms with Crippen molar-refractivity contribution in [3.63, 3.8) is 0 Å². The van der Waals surface area contributed by atoms with Crippen molar-refractivity contribution in [2.45, 2.75) is 10.8 Å². The molecule has 0 heterocycles. The average molecular weight is 329 g/mol. The van der Waals surface area contributed by atoms with E-state index in [9.17, 15) is 4.79 Å². The molecule has 2 rings (SSSR count). The summed E-state index contributed by atoms with van der Waals surface area (Å²) >= 11 is 18.1. The van der Waals surface area contributed by atoms with Crippen LogP contribution in [-0.4, -0.2) is 11.3 Å². The zero-order chi connectivity index (χ0) is 14.5. The highest BCUT2D eigenvalue weighted by Gasteiger charge is 2.25. The molecule has 0 aliphatic rings. The number of anilines is 1. The van der Waals surface area contributed by atoms with Gasteiger partial charge < -0.3 is 5.32 Å². The van der Waals surface area contributed by atoms with Crippen molar-refractivity contribution in [2.24, 2.45) is 0 Å². The molecule has 0 bridgehead atoms. The van der Waals surface area contributed by atoms with E-state index in [2.05, 4.69) is 5.32 Å². The van der Waals surface area contributed by atoms with Gasteiger partial charge >= 0.3 is 0 Å². The number of carbonyl (C=O) groups excluding carboxylic acids is 1. The van der Waals surface area contributed by atoms with Gasteiger partial charge in [0.05, 0.1) is 5.38 Å². The normalized spacial score (nSPS) is 13.6. The molecule has 0 radical (unpaired) electrons. The molecule has 1 N–H and O–H groups in total. The van der Waals surface area contributed by atoms with E-state index in [0.29, 0.717) is 10.7 Å². The van der Waals surface area contributed by atoms with Crippen LogP contribution in [0.25, 0.3) is 0 Å². The standard InChI is InChI=1S/C15H12Cl3NO/c16-11-6-8-12(9-7-11)19-15(20)14(18)13(17)10-4-2-1-3-5-10/h1-9,13-14H,(H,19,20)/t13-,14-/m0/s1. The molecule has 0 aliphatic carbocycles. The largest absolute Gasteiger partial charge is 0.325 e. The highest BCUT2D eigenvalue weighted by atomic mass is 35.5. The number of rotatable bonds is 4. The summed E-state index contributed by atoms with van der Waals surface area (Å²) in [5.74, 6) is -0.349. The lowest BCUT2D eigenvalue weighted by atomic mass is 10.1. The molecule has 2 atom stereocenters. The van der Waals surface area contributed by atoms with Crippen LogP contribution >= 0.6 is 34.8 Å². The maximum atomic E-state index is 12.1. The molecule has 2 aromatic carbocycles. The van der Waals surface area contributed by atoms with E-state index >= 15 is 0 Å². The zero-order valence-corrected chi connectivity index (χ0v) is 12.7. The van der Waals surface area contributed by atoms with Gasteiger partial charge in [-0.1, -0.05) is 41.9 Å². The Balaban J connectivity index is 2.03. The SMILES string of the molecule is O=C(Nc1ccc(Cl)cc1)[C@@H](Cl)[C@@H](Cl)c1ccccc1.